The molecule has 0 aliphatic carbocycles. The van der Waals surface area contributed by atoms with Gasteiger partial charge in [0, 0.05) is 6.42 Å². The summed E-state index contributed by atoms with van der Waals surface area (Å²) in [6.07, 6.45) is 82.2. The van der Waals surface area contributed by atoms with Gasteiger partial charge in [0.15, 0.2) is 12.6 Å². The molecule has 2 fully saturated rings. The van der Waals surface area contributed by atoms with Crippen molar-refractivity contribution in [2.45, 2.75) is 511 Å². The molecule has 1 amide bonds. The van der Waals surface area contributed by atoms with Crippen LogP contribution in [-0.2, 0) is 23.7 Å². The van der Waals surface area contributed by atoms with E-state index in [9.17, 15) is 45.6 Å². The van der Waals surface area contributed by atoms with Crippen LogP contribution in [0.5, 0.6) is 0 Å². The molecule has 0 aromatic heterocycles. The largest absolute Gasteiger partial charge is 0.394 e. The topological polar surface area (TPSA) is 228 Å². The average molecular weight is 1480 g/mol. The Labute approximate surface area is 640 Å². The number of carbonyl (C=O) groups excluding carboxylic acids is 1. The number of carbonyl (C=O) groups is 1. The van der Waals surface area contributed by atoms with E-state index in [1.165, 1.54) is 347 Å². The summed E-state index contributed by atoms with van der Waals surface area (Å²) >= 11 is 0. The fourth-order valence-corrected chi connectivity index (χ4v) is 15.3. The van der Waals surface area contributed by atoms with Crippen molar-refractivity contribution < 1.29 is 64.6 Å². The third kappa shape index (κ3) is 55.6. The van der Waals surface area contributed by atoms with Crippen molar-refractivity contribution in [2.24, 2.45) is 0 Å². The molecule has 14 nitrogen and oxygen atoms in total. The zero-order valence-corrected chi connectivity index (χ0v) is 67.8. The molecule has 2 aliphatic rings. The van der Waals surface area contributed by atoms with Crippen molar-refractivity contribution in [3.8, 4) is 0 Å². The Balaban J connectivity index is 1.55. The predicted octanol–water partition coefficient (Wildman–Crippen LogP) is 21.9. The first-order chi connectivity index (χ1) is 51.1. The standard InChI is InChI=1S/C90H171NO13/c1-3-5-7-9-11-13-15-17-19-21-23-25-27-29-31-33-35-36-37-38-39-40-41-42-44-46-48-50-52-54-56-58-60-62-64-66-68-70-72-74-82(95)91-78(77-101-89-87(100)85(98)88(81(76-93)103-89)104-90-86(99)84(97)83(96)80(75-92)102-90)79(94)73-71-69-67-65-63-61-59-57-55-53-51-49-47-45-43-34-32-30-28-26-24-22-20-18-16-14-12-10-8-6-4-2/h15,17,21,23,27,29,78-81,83-90,92-94,96-100H,3-14,16,18-20,22,24-26,28,30-77H2,1-2H3,(H,91,95)/b17-15-,23-21-,29-27-. The number of rotatable bonds is 78. The van der Waals surface area contributed by atoms with Gasteiger partial charge in [-0.1, -0.05) is 416 Å². The molecule has 2 rings (SSSR count). The Morgan fingerprint density at radius 3 is 0.971 bits per heavy atom. The number of allylic oxidation sites excluding steroid dienone is 6. The van der Waals surface area contributed by atoms with E-state index in [4.69, 9.17) is 18.9 Å². The van der Waals surface area contributed by atoms with Crippen molar-refractivity contribution in [3.05, 3.63) is 36.5 Å². The molecule has 12 atom stereocenters. The van der Waals surface area contributed by atoms with Crippen molar-refractivity contribution in [1.29, 1.82) is 0 Å². The molecule has 2 heterocycles. The van der Waals surface area contributed by atoms with Crippen molar-refractivity contribution in [3.63, 3.8) is 0 Å². The molecule has 2 aliphatic heterocycles. The smallest absolute Gasteiger partial charge is 0.220 e. The first-order valence-corrected chi connectivity index (χ1v) is 45.2. The number of amides is 1. The van der Waals surface area contributed by atoms with Crippen LogP contribution in [0.25, 0.3) is 0 Å². The first-order valence-electron chi connectivity index (χ1n) is 45.2. The summed E-state index contributed by atoms with van der Waals surface area (Å²) in [4.78, 5) is 13.4. The number of nitrogens with one attached hydrogen (secondary N) is 1. The van der Waals surface area contributed by atoms with Crippen LogP contribution in [0, 0.1) is 0 Å². The van der Waals surface area contributed by atoms with Crippen LogP contribution in [0.1, 0.15) is 438 Å². The molecule has 614 valence electrons. The van der Waals surface area contributed by atoms with Crippen LogP contribution in [-0.4, -0.2) is 140 Å². The molecule has 104 heavy (non-hydrogen) atoms. The van der Waals surface area contributed by atoms with Crippen LogP contribution in [0.15, 0.2) is 36.5 Å². The van der Waals surface area contributed by atoms with Gasteiger partial charge in [0.05, 0.1) is 32.0 Å². The summed E-state index contributed by atoms with van der Waals surface area (Å²) in [6.45, 7) is 2.93. The first kappa shape index (κ1) is 98.3. The van der Waals surface area contributed by atoms with Gasteiger partial charge in [-0.25, -0.2) is 0 Å². The zero-order chi connectivity index (χ0) is 75.1. The molecular formula is C90H171NO13. The molecule has 0 aromatic carbocycles. The molecule has 12 unspecified atom stereocenters. The highest BCUT2D eigenvalue weighted by Crippen LogP contribution is 2.31. The third-order valence-electron chi connectivity index (χ3n) is 22.4. The Morgan fingerprint density at radius 2 is 0.635 bits per heavy atom. The normalized spacial score (nSPS) is 21.6. The van der Waals surface area contributed by atoms with E-state index in [-0.39, 0.29) is 12.5 Å². The second-order valence-electron chi connectivity index (χ2n) is 32.1. The molecule has 14 heteroatoms. The van der Waals surface area contributed by atoms with E-state index in [0.29, 0.717) is 12.8 Å². The number of hydrogen-bond donors (Lipinski definition) is 9. The van der Waals surface area contributed by atoms with Crippen LogP contribution in [0.4, 0.5) is 0 Å². The SMILES string of the molecule is CCCCCCC/C=C\C/C=C\C/C=C\CCCCCCCCCCCCCCCCCCCCCCCCCCC(=O)NC(COC1OC(CO)C(OC2OC(CO)C(O)C(O)C2O)C(O)C1O)C(O)CCCCCCCCCCCCCCCCCCCCCCCCCCCCCCCCC. The monoisotopic (exact) mass is 1470 g/mol. The molecule has 0 bridgehead atoms. The van der Waals surface area contributed by atoms with E-state index in [1.807, 2.05) is 0 Å². The molecule has 2 saturated heterocycles. The maximum Gasteiger partial charge on any atom is 0.220 e. The van der Waals surface area contributed by atoms with Gasteiger partial charge in [0.1, 0.15) is 48.8 Å². The van der Waals surface area contributed by atoms with Gasteiger partial charge in [-0.2, -0.15) is 0 Å². The predicted molar refractivity (Wildman–Crippen MR) is 434 cm³/mol. The van der Waals surface area contributed by atoms with E-state index < -0.39 is 86.8 Å². The fourth-order valence-electron chi connectivity index (χ4n) is 15.3. The quantitative estimate of drug-likeness (QED) is 0.0204. The molecule has 0 radical (unpaired) electrons. The number of aliphatic hydroxyl groups excluding tert-OH is 8. The zero-order valence-electron chi connectivity index (χ0n) is 67.8. The van der Waals surface area contributed by atoms with E-state index in [0.717, 1.165) is 64.2 Å². The number of ether oxygens (including phenoxy) is 4. The average Bonchev–Trinajstić information content (AvgIpc) is 0.791. The highest BCUT2D eigenvalue weighted by molar-refractivity contribution is 5.76. The van der Waals surface area contributed by atoms with Crippen molar-refractivity contribution in [2.75, 3.05) is 19.8 Å². The van der Waals surface area contributed by atoms with Crippen molar-refractivity contribution >= 4 is 5.91 Å². The van der Waals surface area contributed by atoms with Gasteiger partial charge in [-0.3, -0.25) is 4.79 Å². The van der Waals surface area contributed by atoms with Gasteiger partial charge in [0.2, 0.25) is 5.91 Å². The summed E-state index contributed by atoms with van der Waals surface area (Å²) in [5, 5.41) is 88.1. The Morgan fingerprint density at radius 1 is 0.346 bits per heavy atom. The van der Waals surface area contributed by atoms with Crippen LogP contribution < -0.4 is 5.32 Å². The Bertz CT molecular complexity index is 1890. The van der Waals surface area contributed by atoms with Crippen molar-refractivity contribution in [1.82, 2.24) is 5.32 Å². The minimum Gasteiger partial charge on any atom is -0.394 e. The molecule has 0 saturated carbocycles. The van der Waals surface area contributed by atoms with Gasteiger partial charge in [-0.05, 0) is 51.4 Å². The summed E-state index contributed by atoms with van der Waals surface area (Å²) in [6, 6.07) is -0.829. The minimum atomic E-state index is -1.78. The fraction of sp³-hybridized carbons (Fsp3) is 0.922. The van der Waals surface area contributed by atoms with Gasteiger partial charge in [0.25, 0.3) is 0 Å². The highest BCUT2D eigenvalue weighted by Gasteiger charge is 2.51. The maximum absolute atomic E-state index is 13.4. The van der Waals surface area contributed by atoms with Crippen LogP contribution >= 0.6 is 0 Å². The summed E-state index contributed by atoms with van der Waals surface area (Å²) in [5.41, 5.74) is 0. The molecule has 9 N–H and O–H groups in total. The number of aliphatic hydroxyl groups is 8. The lowest BCUT2D eigenvalue weighted by Gasteiger charge is -2.46. The van der Waals surface area contributed by atoms with E-state index in [2.05, 4.69) is 55.6 Å². The Kier molecular flexibility index (Phi) is 69.9. The van der Waals surface area contributed by atoms with Crippen LogP contribution in [0.2, 0.25) is 0 Å². The lowest BCUT2D eigenvalue weighted by molar-refractivity contribution is -0.359. The second-order valence-corrected chi connectivity index (χ2v) is 32.1. The summed E-state index contributed by atoms with van der Waals surface area (Å²) < 4.78 is 23.0. The van der Waals surface area contributed by atoms with E-state index in [1.54, 1.807) is 0 Å². The lowest BCUT2D eigenvalue weighted by Crippen LogP contribution is -2.65. The molecule has 0 spiro atoms. The van der Waals surface area contributed by atoms with Crippen LogP contribution in [0.3, 0.4) is 0 Å². The van der Waals surface area contributed by atoms with Gasteiger partial charge < -0.3 is 65.1 Å². The minimum absolute atomic E-state index is 0.196. The molecular weight excluding hydrogens is 1300 g/mol. The van der Waals surface area contributed by atoms with Gasteiger partial charge >= 0.3 is 0 Å². The van der Waals surface area contributed by atoms with E-state index >= 15 is 0 Å². The maximum atomic E-state index is 13.4. The van der Waals surface area contributed by atoms with Gasteiger partial charge in [-0.15, -0.1) is 0 Å². The highest BCUT2D eigenvalue weighted by atomic mass is 16.7. The molecule has 0 aromatic rings. The Hall–Kier alpha value is -1.79. The summed E-state index contributed by atoms with van der Waals surface area (Å²) in [5.74, 6) is -0.196. The number of hydrogen-bond acceptors (Lipinski definition) is 13. The lowest BCUT2D eigenvalue weighted by atomic mass is 9.97. The summed E-state index contributed by atoms with van der Waals surface area (Å²) in [7, 11) is 0. The third-order valence-corrected chi connectivity index (χ3v) is 22.4. The number of unbranched alkanes of at least 4 members (excludes halogenated alkanes) is 59. The second kappa shape index (κ2) is 74.0.